The van der Waals surface area contributed by atoms with Crippen molar-refractivity contribution in [3.63, 3.8) is 0 Å². The maximum absolute atomic E-state index is 12.1. The van der Waals surface area contributed by atoms with Crippen molar-refractivity contribution in [2.45, 2.75) is 45.1 Å². The van der Waals surface area contributed by atoms with E-state index < -0.39 is 5.60 Å². The second-order valence-electron chi connectivity index (χ2n) is 6.97. The first kappa shape index (κ1) is 15.6. The number of benzene rings is 1. The quantitative estimate of drug-likeness (QED) is 0.787. The molecule has 6 nitrogen and oxygen atoms in total. The van der Waals surface area contributed by atoms with E-state index in [0.717, 1.165) is 5.56 Å². The van der Waals surface area contributed by atoms with E-state index >= 15 is 0 Å². The fraction of sp³-hybridized carbons (Fsp3) is 0.529. The molecule has 2 unspecified atom stereocenters. The molecule has 1 aromatic rings. The molecule has 0 bridgehead atoms. The van der Waals surface area contributed by atoms with Gasteiger partial charge in [-0.2, -0.15) is 0 Å². The Balaban J connectivity index is 1.44. The number of carbonyl (C=O) groups is 2. The minimum atomic E-state index is -0.498. The molecule has 124 valence electrons. The van der Waals surface area contributed by atoms with Gasteiger partial charge in [0.15, 0.2) is 0 Å². The molecule has 0 radical (unpaired) electrons. The summed E-state index contributed by atoms with van der Waals surface area (Å²) in [6.45, 7) is 6.82. The highest BCUT2D eigenvalue weighted by Crippen LogP contribution is 2.37. The van der Waals surface area contributed by atoms with Crippen LogP contribution >= 0.6 is 0 Å². The number of carbonyl (C=O) groups excluding carboxylic acids is 2. The van der Waals surface area contributed by atoms with Crippen LogP contribution in [0.1, 0.15) is 26.3 Å². The molecular weight excluding hydrogens is 296 g/mol. The molecule has 0 aromatic heterocycles. The first-order valence-corrected chi connectivity index (χ1v) is 7.82. The summed E-state index contributed by atoms with van der Waals surface area (Å²) >= 11 is 0. The van der Waals surface area contributed by atoms with E-state index in [-0.39, 0.29) is 30.9 Å². The highest BCUT2D eigenvalue weighted by Gasteiger charge is 2.59. The summed E-state index contributed by atoms with van der Waals surface area (Å²) in [5.41, 5.74) is 0.461. The largest absolute Gasteiger partial charge is 0.445 e. The van der Waals surface area contributed by atoms with Gasteiger partial charge < -0.3 is 14.4 Å². The van der Waals surface area contributed by atoms with Gasteiger partial charge in [0.05, 0.1) is 12.1 Å². The van der Waals surface area contributed by atoms with E-state index in [9.17, 15) is 9.59 Å². The van der Waals surface area contributed by atoms with Crippen LogP contribution in [0.2, 0.25) is 0 Å². The van der Waals surface area contributed by atoms with Gasteiger partial charge in [-0.25, -0.2) is 9.59 Å². The van der Waals surface area contributed by atoms with E-state index in [4.69, 9.17) is 9.47 Å². The Hall–Kier alpha value is -2.24. The number of fused-ring (bicyclic) bond motifs is 1. The van der Waals surface area contributed by atoms with Gasteiger partial charge in [0.2, 0.25) is 0 Å². The van der Waals surface area contributed by atoms with Crippen molar-refractivity contribution in [1.29, 1.82) is 0 Å². The molecule has 2 atom stereocenters. The molecule has 2 fully saturated rings. The van der Waals surface area contributed by atoms with Crippen LogP contribution in [0.5, 0.6) is 0 Å². The van der Waals surface area contributed by atoms with Crippen molar-refractivity contribution < 1.29 is 19.1 Å². The highest BCUT2D eigenvalue weighted by molar-refractivity contribution is 5.75. The SMILES string of the molecule is CC(C)(C)OC(=O)N1C2CN(C(=O)OCc3ccccc3)CC21. The van der Waals surface area contributed by atoms with Crippen LogP contribution in [0.3, 0.4) is 0 Å². The summed E-state index contributed by atoms with van der Waals surface area (Å²) in [4.78, 5) is 27.4. The standard InChI is InChI=1S/C17H22N2O4/c1-17(2,3)23-16(21)19-13-9-18(10-14(13)19)15(20)22-11-12-7-5-4-6-8-12/h4-8,13-14H,9-11H2,1-3H3. The molecule has 0 N–H and O–H groups in total. The number of likely N-dealkylation sites (tertiary alicyclic amines) is 1. The van der Waals surface area contributed by atoms with Crippen molar-refractivity contribution in [3.05, 3.63) is 35.9 Å². The van der Waals surface area contributed by atoms with Crippen LogP contribution in [0, 0.1) is 0 Å². The highest BCUT2D eigenvalue weighted by atomic mass is 16.6. The van der Waals surface area contributed by atoms with E-state index in [0.29, 0.717) is 13.1 Å². The Morgan fingerprint density at radius 3 is 2.26 bits per heavy atom. The van der Waals surface area contributed by atoms with Gasteiger partial charge in [0.25, 0.3) is 0 Å². The van der Waals surface area contributed by atoms with E-state index in [1.54, 1.807) is 9.80 Å². The normalized spacial score (nSPS) is 22.6. The number of ether oxygens (including phenoxy) is 2. The second kappa shape index (κ2) is 5.76. The van der Waals surface area contributed by atoms with Crippen LogP contribution in [-0.2, 0) is 16.1 Å². The lowest BCUT2D eigenvalue weighted by Gasteiger charge is -2.23. The molecule has 0 spiro atoms. The van der Waals surface area contributed by atoms with Crippen molar-refractivity contribution in [1.82, 2.24) is 9.80 Å². The predicted octanol–water partition coefficient (Wildman–Crippen LogP) is 2.63. The van der Waals surface area contributed by atoms with Crippen molar-refractivity contribution >= 4 is 12.2 Å². The minimum Gasteiger partial charge on any atom is -0.445 e. The fourth-order valence-corrected chi connectivity index (χ4v) is 2.83. The second-order valence-corrected chi connectivity index (χ2v) is 6.97. The molecule has 3 rings (SSSR count). The van der Waals surface area contributed by atoms with E-state index in [1.807, 2.05) is 51.1 Å². The molecule has 1 aromatic carbocycles. The molecular formula is C17H22N2O4. The van der Waals surface area contributed by atoms with Crippen molar-refractivity contribution in [2.75, 3.05) is 13.1 Å². The Bertz CT molecular complexity index is 584. The van der Waals surface area contributed by atoms with Gasteiger partial charge in [-0.3, -0.25) is 4.90 Å². The van der Waals surface area contributed by atoms with Crippen molar-refractivity contribution in [2.24, 2.45) is 0 Å². The average molecular weight is 318 g/mol. The zero-order valence-electron chi connectivity index (χ0n) is 13.7. The van der Waals surface area contributed by atoms with Crippen LogP contribution in [0.25, 0.3) is 0 Å². The molecule has 23 heavy (non-hydrogen) atoms. The molecule has 0 saturated carbocycles. The van der Waals surface area contributed by atoms with Crippen LogP contribution < -0.4 is 0 Å². The van der Waals surface area contributed by atoms with Gasteiger partial charge in [-0.15, -0.1) is 0 Å². The minimum absolute atomic E-state index is 0.0640. The summed E-state index contributed by atoms with van der Waals surface area (Å²) in [5.74, 6) is 0. The van der Waals surface area contributed by atoms with Gasteiger partial charge in [-0.05, 0) is 26.3 Å². The molecule has 0 aliphatic carbocycles. The number of rotatable bonds is 2. The maximum Gasteiger partial charge on any atom is 0.411 e. The number of piperazine rings is 1. The Morgan fingerprint density at radius 2 is 1.70 bits per heavy atom. The number of nitrogens with zero attached hydrogens (tertiary/aromatic N) is 2. The third-order valence-corrected chi connectivity index (χ3v) is 3.95. The topological polar surface area (TPSA) is 58.9 Å². The lowest BCUT2D eigenvalue weighted by atomic mass is 10.2. The van der Waals surface area contributed by atoms with Gasteiger partial charge in [0.1, 0.15) is 12.2 Å². The van der Waals surface area contributed by atoms with Gasteiger partial charge in [0, 0.05) is 13.1 Å². The maximum atomic E-state index is 12.1. The Morgan fingerprint density at radius 1 is 1.09 bits per heavy atom. The number of amides is 2. The molecule has 2 aliphatic heterocycles. The third kappa shape index (κ3) is 3.57. The third-order valence-electron chi connectivity index (χ3n) is 3.95. The lowest BCUT2D eigenvalue weighted by Crippen LogP contribution is -2.38. The molecule has 6 heteroatoms. The van der Waals surface area contributed by atoms with Crippen molar-refractivity contribution in [3.8, 4) is 0 Å². The smallest absolute Gasteiger partial charge is 0.411 e. The summed E-state index contributed by atoms with van der Waals surface area (Å²) in [7, 11) is 0. The first-order valence-electron chi connectivity index (χ1n) is 7.82. The monoisotopic (exact) mass is 318 g/mol. The fourth-order valence-electron chi connectivity index (χ4n) is 2.83. The zero-order chi connectivity index (χ0) is 16.6. The van der Waals surface area contributed by atoms with Gasteiger partial charge in [-0.1, -0.05) is 30.3 Å². The molecule has 2 aliphatic rings. The molecule has 2 heterocycles. The lowest BCUT2D eigenvalue weighted by molar-refractivity contribution is 0.0351. The number of hydrogen-bond acceptors (Lipinski definition) is 4. The first-order chi connectivity index (χ1) is 10.8. The van der Waals surface area contributed by atoms with Crippen LogP contribution in [0.15, 0.2) is 30.3 Å². The van der Waals surface area contributed by atoms with E-state index in [1.165, 1.54) is 0 Å². The summed E-state index contributed by atoms with van der Waals surface area (Å²) in [5, 5.41) is 0. The van der Waals surface area contributed by atoms with E-state index in [2.05, 4.69) is 0 Å². The summed E-state index contributed by atoms with van der Waals surface area (Å²) < 4.78 is 10.7. The Labute approximate surface area is 136 Å². The zero-order valence-corrected chi connectivity index (χ0v) is 13.7. The van der Waals surface area contributed by atoms with Crippen LogP contribution in [-0.4, -0.2) is 52.8 Å². The summed E-state index contributed by atoms with van der Waals surface area (Å²) in [6, 6.07) is 9.70. The number of hydrogen-bond donors (Lipinski definition) is 0. The Kier molecular flexibility index (Phi) is 3.92. The molecule has 2 amide bonds. The average Bonchev–Trinajstić information content (AvgIpc) is 2.99. The predicted molar refractivity (Wildman–Crippen MR) is 83.8 cm³/mol. The van der Waals surface area contributed by atoms with Gasteiger partial charge >= 0.3 is 12.2 Å². The van der Waals surface area contributed by atoms with Crippen LogP contribution in [0.4, 0.5) is 9.59 Å². The molecule has 2 saturated heterocycles. The summed E-state index contributed by atoms with van der Waals surface area (Å²) in [6.07, 6.45) is -0.630.